The van der Waals surface area contributed by atoms with E-state index >= 15 is 0 Å². The van der Waals surface area contributed by atoms with Crippen LogP contribution in [-0.4, -0.2) is 36.6 Å². The summed E-state index contributed by atoms with van der Waals surface area (Å²) in [5, 5.41) is 0. The molecule has 0 spiro atoms. The minimum absolute atomic E-state index is 0.0803. The van der Waals surface area contributed by atoms with Crippen LogP contribution in [0.2, 0.25) is 0 Å². The number of nitrogens with zero attached hydrogens (tertiary/aromatic N) is 1. The van der Waals surface area contributed by atoms with Crippen molar-refractivity contribution >= 4 is 12.6 Å². The van der Waals surface area contributed by atoms with E-state index in [9.17, 15) is 0 Å². The lowest BCUT2D eigenvalue weighted by molar-refractivity contribution is 0.105. The van der Waals surface area contributed by atoms with Crippen molar-refractivity contribution in [1.29, 1.82) is 0 Å². The van der Waals surface area contributed by atoms with Crippen LogP contribution in [0.4, 0.5) is 0 Å². The Morgan fingerprint density at radius 1 is 1.67 bits per heavy atom. The lowest BCUT2D eigenvalue weighted by Gasteiger charge is -2.19. The van der Waals surface area contributed by atoms with Crippen LogP contribution in [0.25, 0.3) is 0 Å². The summed E-state index contributed by atoms with van der Waals surface area (Å²) in [4.78, 5) is 2.42. The van der Waals surface area contributed by atoms with Gasteiger partial charge in [0.15, 0.2) is 0 Å². The molecule has 0 N–H and O–H groups in total. The Morgan fingerprint density at radius 3 is 2.92 bits per heavy atom. The molecule has 0 saturated carbocycles. The van der Waals surface area contributed by atoms with Crippen molar-refractivity contribution in [3.8, 4) is 0 Å². The van der Waals surface area contributed by atoms with Gasteiger partial charge in [0.2, 0.25) is 0 Å². The Bertz CT molecular complexity index is 130. The molecule has 0 aromatic heterocycles. The average Bonchev–Trinajstić information content (AvgIpc) is 2.36. The smallest absolute Gasteiger partial charge is 0.0971 e. The van der Waals surface area contributed by atoms with Crippen molar-refractivity contribution in [2.75, 3.05) is 20.2 Å². The first-order chi connectivity index (χ1) is 5.70. The number of likely N-dealkylation sites (tertiary alicyclic amines) is 1. The van der Waals surface area contributed by atoms with Crippen molar-refractivity contribution < 1.29 is 4.74 Å². The maximum atomic E-state index is 5.39. The van der Waals surface area contributed by atoms with Gasteiger partial charge in [0.05, 0.1) is 5.44 Å². The number of ether oxygens (including phenoxy) is 1. The van der Waals surface area contributed by atoms with Crippen LogP contribution >= 0.6 is 12.6 Å². The average molecular weight is 189 g/mol. The van der Waals surface area contributed by atoms with Crippen molar-refractivity contribution in [3.05, 3.63) is 0 Å². The molecule has 0 aliphatic carbocycles. The summed E-state index contributed by atoms with van der Waals surface area (Å²) in [6.45, 7) is 4.06. The standard InChI is InChI=1S/C9H19NOS/c1-8(12)11-7-5-9-4-3-6-10(9)2/h8-9,12H,3-7H2,1-2H3. The molecule has 0 radical (unpaired) electrons. The summed E-state index contributed by atoms with van der Waals surface area (Å²) in [5.74, 6) is 0. The number of rotatable bonds is 4. The molecule has 0 aromatic rings. The molecule has 1 aliphatic rings. The maximum absolute atomic E-state index is 5.39. The van der Waals surface area contributed by atoms with Crippen LogP contribution < -0.4 is 0 Å². The van der Waals surface area contributed by atoms with Crippen LogP contribution in [-0.2, 0) is 4.74 Å². The maximum Gasteiger partial charge on any atom is 0.0971 e. The van der Waals surface area contributed by atoms with E-state index in [1.165, 1.54) is 19.4 Å². The predicted octanol–water partition coefficient (Wildman–Crippen LogP) is 1.76. The van der Waals surface area contributed by atoms with Gasteiger partial charge in [-0.3, -0.25) is 0 Å². The normalized spacial score (nSPS) is 27.8. The highest BCUT2D eigenvalue weighted by atomic mass is 32.1. The molecular formula is C9H19NOS. The SMILES string of the molecule is CC(S)OCCC1CCCN1C. The van der Waals surface area contributed by atoms with Crippen LogP contribution in [0.1, 0.15) is 26.2 Å². The van der Waals surface area contributed by atoms with Gasteiger partial charge in [-0.15, -0.1) is 12.6 Å². The number of hydrogen-bond acceptors (Lipinski definition) is 3. The summed E-state index contributed by atoms with van der Waals surface area (Å²) >= 11 is 4.16. The molecule has 2 atom stereocenters. The third-order valence-electron chi connectivity index (χ3n) is 2.48. The van der Waals surface area contributed by atoms with E-state index < -0.39 is 0 Å². The van der Waals surface area contributed by atoms with E-state index in [0.717, 1.165) is 19.1 Å². The van der Waals surface area contributed by atoms with Gasteiger partial charge in [-0.2, -0.15) is 0 Å². The molecule has 2 unspecified atom stereocenters. The van der Waals surface area contributed by atoms with E-state index in [1.54, 1.807) is 0 Å². The summed E-state index contributed by atoms with van der Waals surface area (Å²) in [5.41, 5.74) is 0.0803. The van der Waals surface area contributed by atoms with E-state index in [1.807, 2.05) is 6.92 Å². The quantitative estimate of drug-likeness (QED) is 0.534. The van der Waals surface area contributed by atoms with E-state index in [2.05, 4.69) is 24.6 Å². The van der Waals surface area contributed by atoms with Gasteiger partial charge in [0, 0.05) is 12.6 Å². The fraction of sp³-hybridized carbons (Fsp3) is 1.00. The van der Waals surface area contributed by atoms with Gasteiger partial charge >= 0.3 is 0 Å². The van der Waals surface area contributed by atoms with Crippen LogP contribution in [0.3, 0.4) is 0 Å². The molecule has 0 bridgehead atoms. The van der Waals surface area contributed by atoms with E-state index in [-0.39, 0.29) is 5.44 Å². The van der Waals surface area contributed by atoms with Crippen molar-refractivity contribution in [2.24, 2.45) is 0 Å². The number of thiol groups is 1. The topological polar surface area (TPSA) is 12.5 Å². The van der Waals surface area contributed by atoms with Gasteiger partial charge in [-0.25, -0.2) is 0 Å². The summed E-state index contributed by atoms with van der Waals surface area (Å²) in [6.07, 6.45) is 3.83. The lowest BCUT2D eigenvalue weighted by Crippen LogP contribution is -2.26. The molecule has 12 heavy (non-hydrogen) atoms. The number of hydrogen-bond donors (Lipinski definition) is 1. The van der Waals surface area contributed by atoms with Crippen molar-refractivity contribution in [3.63, 3.8) is 0 Å². The molecule has 0 amide bonds. The third-order valence-corrected chi connectivity index (χ3v) is 2.63. The minimum Gasteiger partial charge on any atom is -0.368 e. The second-order valence-corrected chi connectivity index (χ2v) is 4.26. The van der Waals surface area contributed by atoms with E-state index in [4.69, 9.17) is 4.74 Å². The molecule has 1 heterocycles. The molecule has 3 heteroatoms. The second-order valence-electron chi connectivity index (χ2n) is 3.54. The highest BCUT2D eigenvalue weighted by molar-refractivity contribution is 7.80. The van der Waals surface area contributed by atoms with Gasteiger partial charge in [0.1, 0.15) is 0 Å². The minimum atomic E-state index is 0.0803. The molecule has 72 valence electrons. The van der Waals surface area contributed by atoms with E-state index in [0.29, 0.717) is 0 Å². The van der Waals surface area contributed by atoms with Crippen LogP contribution in [0.5, 0.6) is 0 Å². The van der Waals surface area contributed by atoms with Crippen LogP contribution in [0, 0.1) is 0 Å². The summed E-state index contributed by atoms with van der Waals surface area (Å²) < 4.78 is 5.39. The second kappa shape index (κ2) is 5.10. The van der Waals surface area contributed by atoms with Crippen molar-refractivity contribution in [1.82, 2.24) is 4.90 Å². The van der Waals surface area contributed by atoms with Gasteiger partial charge in [-0.05, 0) is 39.8 Å². The molecule has 1 fully saturated rings. The first-order valence-corrected chi connectivity index (χ1v) is 5.21. The molecule has 1 aliphatic heterocycles. The van der Waals surface area contributed by atoms with Gasteiger partial charge in [0.25, 0.3) is 0 Å². The Labute approximate surface area is 80.7 Å². The summed E-state index contributed by atoms with van der Waals surface area (Å²) in [7, 11) is 2.20. The third kappa shape index (κ3) is 3.33. The highest BCUT2D eigenvalue weighted by Gasteiger charge is 2.20. The molecule has 2 nitrogen and oxygen atoms in total. The molecular weight excluding hydrogens is 170 g/mol. The molecule has 0 aromatic carbocycles. The fourth-order valence-corrected chi connectivity index (χ4v) is 1.82. The highest BCUT2D eigenvalue weighted by Crippen LogP contribution is 2.17. The Kier molecular flexibility index (Phi) is 4.40. The van der Waals surface area contributed by atoms with Crippen molar-refractivity contribution in [2.45, 2.75) is 37.7 Å². The molecule has 1 rings (SSSR count). The summed E-state index contributed by atoms with van der Waals surface area (Å²) in [6, 6.07) is 0.747. The first-order valence-electron chi connectivity index (χ1n) is 4.70. The van der Waals surface area contributed by atoms with Gasteiger partial charge in [-0.1, -0.05) is 0 Å². The Hall–Kier alpha value is 0.270. The largest absolute Gasteiger partial charge is 0.368 e. The van der Waals surface area contributed by atoms with Gasteiger partial charge < -0.3 is 9.64 Å². The fourth-order valence-electron chi connectivity index (χ4n) is 1.72. The lowest BCUT2D eigenvalue weighted by atomic mass is 10.1. The zero-order valence-corrected chi connectivity index (χ0v) is 8.89. The van der Waals surface area contributed by atoms with Crippen LogP contribution in [0.15, 0.2) is 0 Å². The Morgan fingerprint density at radius 2 is 2.42 bits per heavy atom. The zero-order valence-electron chi connectivity index (χ0n) is 7.99. The monoisotopic (exact) mass is 189 g/mol. The Balaban J connectivity index is 2.06. The zero-order chi connectivity index (χ0) is 8.97. The predicted molar refractivity (Wildman–Crippen MR) is 54.7 cm³/mol. The first kappa shape index (κ1) is 10.4. The molecule has 1 saturated heterocycles.